The minimum absolute atomic E-state index is 0.0347. The molecule has 2 aromatic carbocycles. The molecule has 0 unspecified atom stereocenters. The lowest BCUT2D eigenvalue weighted by Gasteiger charge is -2.13. The highest BCUT2D eigenvalue weighted by atomic mass is 16.1. The third-order valence-electron chi connectivity index (χ3n) is 3.53. The number of aryl methyl sites for hydroxylation is 4. The number of carbonyl (C=O) groups is 1. The molecule has 1 amide bonds. The number of anilines is 2. The Balaban J connectivity index is 1.99. The topological polar surface area (TPSA) is 55.1 Å². The third-order valence-corrected chi connectivity index (χ3v) is 3.53. The average molecular weight is 282 g/mol. The van der Waals surface area contributed by atoms with Gasteiger partial charge in [0.05, 0.1) is 0 Å². The van der Waals surface area contributed by atoms with Crippen molar-refractivity contribution in [1.29, 1.82) is 0 Å². The van der Waals surface area contributed by atoms with Gasteiger partial charge in [0.1, 0.15) is 0 Å². The molecule has 0 radical (unpaired) electrons. The van der Waals surface area contributed by atoms with Crippen LogP contribution in [0.4, 0.5) is 11.4 Å². The molecule has 3 nitrogen and oxygen atoms in total. The molecule has 0 atom stereocenters. The Hall–Kier alpha value is -2.29. The maximum absolute atomic E-state index is 12.1. The largest absolute Gasteiger partial charge is 0.399 e. The van der Waals surface area contributed by atoms with Crippen molar-refractivity contribution < 1.29 is 4.79 Å². The van der Waals surface area contributed by atoms with Gasteiger partial charge in [-0.1, -0.05) is 29.8 Å². The van der Waals surface area contributed by atoms with E-state index in [1.807, 2.05) is 38.1 Å². The van der Waals surface area contributed by atoms with Crippen molar-refractivity contribution in [2.45, 2.75) is 33.6 Å². The minimum Gasteiger partial charge on any atom is -0.399 e. The third kappa shape index (κ3) is 4.09. The Kier molecular flexibility index (Phi) is 4.63. The van der Waals surface area contributed by atoms with Gasteiger partial charge in [-0.05, 0) is 56.0 Å². The minimum atomic E-state index is 0.0347. The van der Waals surface area contributed by atoms with Gasteiger partial charge in [-0.15, -0.1) is 0 Å². The van der Waals surface area contributed by atoms with E-state index in [-0.39, 0.29) is 5.91 Å². The van der Waals surface area contributed by atoms with Crippen LogP contribution in [0.2, 0.25) is 0 Å². The lowest BCUT2D eigenvalue weighted by molar-refractivity contribution is -0.116. The monoisotopic (exact) mass is 282 g/mol. The van der Waals surface area contributed by atoms with Crippen LogP contribution < -0.4 is 11.1 Å². The van der Waals surface area contributed by atoms with Crippen LogP contribution in [0.3, 0.4) is 0 Å². The SMILES string of the molecule is Cc1cc(C)c(NC(=O)CCc2cccc(N)c2)c(C)c1. The lowest BCUT2D eigenvalue weighted by atomic mass is 10.0. The van der Waals surface area contributed by atoms with E-state index < -0.39 is 0 Å². The molecule has 0 saturated carbocycles. The summed E-state index contributed by atoms with van der Waals surface area (Å²) >= 11 is 0. The molecule has 0 saturated heterocycles. The van der Waals surface area contributed by atoms with Crippen LogP contribution in [-0.2, 0) is 11.2 Å². The second kappa shape index (κ2) is 6.44. The Morgan fingerprint density at radius 1 is 1.10 bits per heavy atom. The summed E-state index contributed by atoms with van der Waals surface area (Å²) in [4.78, 5) is 12.1. The number of hydrogen-bond acceptors (Lipinski definition) is 2. The van der Waals surface area contributed by atoms with E-state index in [0.717, 1.165) is 28.1 Å². The van der Waals surface area contributed by atoms with Crippen LogP contribution in [0.15, 0.2) is 36.4 Å². The first-order chi connectivity index (χ1) is 9.95. The normalized spacial score (nSPS) is 10.4. The van der Waals surface area contributed by atoms with Crippen molar-refractivity contribution in [2.75, 3.05) is 11.1 Å². The van der Waals surface area contributed by atoms with Crippen molar-refractivity contribution in [3.63, 3.8) is 0 Å². The van der Waals surface area contributed by atoms with Gasteiger partial charge < -0.3 is 11.1 Å². The molecular formula is C18H22N2O. The predicted octanol–water partition coefficient (Wildman–Crippen LogP) is 3.77. The van der Waals surface area contributed by atoms with Crippen LogP contribution in [-0.4, -0.2) is 5.91 Å². The predicted molar refractivity (Wildman–Crippen MR) is 88.5 cm³/mol. The van der Waals surface area contributed by atoms with Crippen molar-refractivity contribution in [2.24, 2.45) is 0 Å². The van der Waals surface area contributed by atoms with E-state index in [1.165, 1.54) is 5.56 Å². The zero-order valence-corrected chi connectivity index (χ0v) is 12.9. The quantitative estimate of drug-likeness (QED) is 0.839. The van der Waals surface area contributed by atoms with Crippen molar-refractivity contribution in [3.8, 4) is 0 Å². The Morgan fingerprint density at radius 3 is 2.38 bits per heavy atom. The number of hydrogen-bond donors (Lipinski definition) is 2. The smallest absolute Gasteiger partial charge is 0.224 e. The van der Waals surface area contributed by atoms with Crippen molar-refractivity contribution in [3.05, 3.63) is 58.7 Å². The van der Waals surface area contributed by atoms with E-state index in [2.05, 4.69) is 24.4 Å². The van der Waals surface area contributed by atoms with Gasteiger partial charge in [-0.25, -0.2) is 0 Å². The molecule has 3 N–H and O–H groups in total. The maximum atomic E-state index is 12.1. The Bertz CT molecular complexity index is 639. The summed E-state index contributed by atoms with van der Waals surface area (Å²) in [5.74, 6) is 0.0347. The molecule has 0 aliphatic carbocycles. The van der Waals surface area contributed by atoms with E-state index in [9.17, 15) is 4.79 Å². The number of rotatable bonds is 4. The summed E-state index contributed by atoms with van der Waals surface area (Å²) in [5.41, 5.74) is 11.9. The van der Waals surface area contributed by atoms with Gasteiger partial charge in [0.25, 0.3) is 0 Å². The van der Waals surface area contributed by atoms with Gasteiger partial charge in [-0.2, -0.15) is 0 Å². The molecule has 21 heavy (non-hydrogen) atoms. The number of carbonyl (C=O) groups excluding carboxylic acids is 1. The summed E-state index contributed by atoms with van der Waals surface area (Å²) in [6.45, 7) is 6.10. The molecule has 0 aromatic heterocycles. The van der Waals surface area contributed by atoms with Gasteiger partial charge >= 0.3 is 0 Å². The fourth-order valence-electron chi connectivity index (χ4n) is 2.59. The summed E-state index contributed by atoms with van der Waals surface area (Å²) in [5, 5.41) is 3.02. The Labute approximate surface area is 126 Å². The Morgan fingerprint density at radius 2 is 1.76 bits per heavy atom. The molecule has 0 heterocycles. The van der Waals surface area contributed by atoms with Crippen LogP contribution in [0.5, 0.6) is 0 Å². The fourth-order valence-corrected chi connectivity index (χ4v) is 2.59. The molecular weight excluding hydrogens is 260 g/mol. The van der Waals surface area contributed by atoms with Crippen molar-refractivity contribution >= 4 is 17.3 Å². The van der Waals surface area contributed by atoms with Gasteiger partial charge in [-0.3, -0.25) is 4.79 Å². The molecule has 0 spiro atoms. The summed E-state index contributed by atoms with van der Waals surface area (Å²) in [6, 6.07) is 11.8. The molecule has 0 bridgehead atoms. The van der Waals surface area contributed by atoms with Crippen LogP contribution in [0.25, 0.3) is 0 Å². The van der Waals surface area contributed by atoms with Crippen LogP contribution in [0, 0.1) is 20.8 Å². The summed E-state index contributed by atoms with van der Waals surface area (Å²) < 4.78 is 0. The maximum Gasteiger partial charge on any atom is 0.224 e. The van der Waals surface area contributed by atoms with E-state index >= 15 is 0 Å². The van der Waals surface area contributed by atoms with Crippen LogP contribution in [0.1, 0.15) is 28.7 Å². The number of benzene rings is 2. The van der Waals surface area contributed by atoms with E-state index in [1.54, 1.807) is 0 Å². The molecule has 2 rings (SSSR count). The number of nitrogen functional groups attached to an aromatic ring is 1. The zero-order valence-electron chi connectivity index (χ0n) is 12.9. The average Bonchev–Trinajstić information content (AvgIpc) is 2.40. The molecule has 110 valence electrons. The lowest BCUT2D eigenvalue weighted by Crippen LogP contribution is -2.14. The molecule has 0 aliphatic rings. The summed E-state index contributed by atoms with van der Waals surface area (Å²) in [6.07, 6.45) is 1.15. The number of nitrogens with two attached hydrogens (primary N) is 1. The highest BCUT2D eigenvalue weighted by Gasteiger charge is 2.08. The second-order valence-corrected chi connectivity index (χ2v) is 5.57. The molecule has 0 aliphatic heterocycles. The highest BCUT2D eigenvalue weighted by molar-refractivity contribution is 5.92. The number of nitrogens with one attached hydrogen (secondary N) is 1. The second-order valence-electron chi connectivity index (χ2n) is 5.57. The number of amides is 1. The van der Waals surface area contributed by atoms with Crippen LogP contribution >= 0.6 is 0 Å². The van der Waals surface area contributed by atoms with E-state index in [4.69, 9.17) is 5.73 Å². The molecule has 2 aromatic rings. The standard InChI is InChI=1S/C18H22N2O/c1-12-9-13(2)18(14(3)10-12)20-17(21)8-7-15-5-4-6-16(19)11-15/h4-6,9-11H,7-8,19H2,1-3H3,(H,20,21). The zero-order chi connectivity index (χ0) is 15.4. The first kappa shape index (κ1) is 15.1. The van der Waals surface area contributed by atoms with E-state index in [0.29, 0.717) is 12.8 Å². The van der Waals surface area contributed by atoms with Gasteiger partial charge in [0, 0.05) is 17.8 Å². The molecule has 0 fully saturated rings. The first-order valence-electron chi connectivity index (χ1n) is 7.18. The molecule has 3 heteroatoms. The van der Waals surface area contributed by atoms with Gasteiger partial charge in [0.2, 0.25) is 5.91 Å². The van der Waals surface area contributed by atoms with Gasteiger partial charge in [0.15, 0.2) is 0 Å². The van der Waals surface area contributed by atoms with Crippen molar-refractivity contribution in [1.82, 2.24) is 0 Å². The highest BCUT2D eigenvalue weighted by Crippen LogP contribution is 2.22. The first-order valence-corrected chi connectivity index (χ1v) is 7.18. The summed E-state index contributed by atoms with van der Waals surface area (Å²) in [7, 11) is 0. The fraction of sp³-hybridized carbons (Fsp3) is 0.278.